The second kappa shape index (κ2) is 5.56. The van der Waals surface area contributed by atoms with Gasteiger partial charge in [-0.05, 0) is 56.8 Å². The van der Waals surface area contributed by atoms with Gasteiger partial charge in [0.1, 0.15) is 0 Å². The Balaban J connectivity index is 1.74. The van der Waals surface area contributed by atoms with Crippen molar-refractivity contribution in [1.29, 1.82) is 0 Å². The van der Waals surface area contributed by atoms with Crippen molar-refractivity contribution in [3.05, 3.63) is 23.3 Å². The van der Waals surface area contributed by atoms with E-state index in [1.807, 2.05) is 13.0 Å². The van der Waals surface area contributed by atoms with Crippen LogP contribution >= 0.6 is 0 Å². The molecule has 0 radical (unpaired) electrons. The van der Waals surface area contributed by atoms with E-state index in [1.54, 1.807) is 6.07 Å². The number of nitrogen functional groups attached to an aromatic ring is 1. The van der Waals surface area contributed by atoms with Crippen LogP contribution in [0.3, 0.4) is 0 Å². The fraction of sp³-hybridized carbons (Fsp3) is 0.562. The number of nitrogens with two attached hydrogens (primary N) is 1. The highest BCUT2D eigenvalue weighted by Crippen LogP contribution is 2.30. The lowest BCUT2D eigenvalue weighted by Crippen LogP contribution is -2.42. The zero-order chi connectivity index (χ0) is 15.0. The Morgan fingerprint density at radius 1 is 1.38 bits per heavy atom. The number of anilines is 2. The Morgan fingerprint density at radius 2 is 2.19 bits per heavy atom. The molecule has 1 aromatic rings. The molecule has 0 aromatic heterocycles. The number of piperidine rings is 1. The molecule has 2 saturated heterocycles. The van der Waals surface area contributed by atoms with Crippen LogP contribution in [0.2, 0.25) is 0 Å². The number of nitrogens with zero attached hydrogens (tertiary/aromatic N) is 1. The molecule has 2 atom stereocenters. The van der Waals surface area contributed by atoms with E-state index in [-0.39, 0.29) is 5.56 Å². The molecule has 5 nitrogen and oxygen atoms in total. The van der Waals surface area contributed by atoms with Gasteiger partial charge in [0, 0.05) is 30.0 Å². The van der Waals surface area contributed by atoms with Crippen molar-refractivity contribution in [3.63, 3.8) is 0 Å². The summed E-state index contributed by atoms with van der Waals surface area (Å²) in [4.78, 5) is 13.8. The number of hydrogen-bond donors (Lipinski definition) is 3. The molecule has 2 fully saturated rings. The summed E-state index contributed by atoms with van der Waals surface area (Å²) in [5, 5.41) is 12.7. The summed E-state index contributed by atoms with van der Waals surface area (Å²) in [6.45, 7) is 4.23. The summed E-state index contributed by atoms with van der Waals surface area (Å²) in [6.07, 6.45) is 4.86. The van der Waals surface area contributed by atoms with Gasteiger partial charge in [-0.3, -0.25) is 0 Å². The maximum Gasteiger partial charge on any atom is 0.337 e. The number of carboxylic acids is 1. The molecule has 2 heterocycles. The second-order valence-corrected chi connectivity index (χ2v) is 6.26. The van der Waals surface area contributed by atoms with Crippen LogP contribution in [0.4, 0.5) is 11.4 Å². The zero-order valence-corrected chi connectivity index (χ0v) is 12.4. The van der Waals surface area contributed by atoms with Gasteiger partial charge in [-0.2, -0.15) is 0 Å². The summed E-state index contributed by atoms with van der Waals surface area (Å²) in [5.74, 6) is -0.968. The topological polar surface area (TPSA) is 78.6 Å². The summed E-state index contributed by atoms with van der Waals surface area (Å²) in [6, 6.07) is 4.73. The van der Waals surface area contributed by atoms with Gasteiger partial charge in [-0.1, -0.05) is 0 Å². The summed E-state index contributed by atoms with van der Waals surface area (Å²) < 4.78 is 0. The quantitative estimate of drug-likeness (QED) is 0.744. The number of benzene rings is 1. The van der Waals surface area contributed by atoms with E-state index in [9.17, 15) is 9.90 Å². The zero-order valence-electron chi connectivity index (χ0n) is 12.4. The highest BCUT2D eigenvalue weighted by Gasteiger charge is 2.31. The lowest BCUT2D eigenvalue weighted by atomic mass is 9.97. The predicted molar refractivity (Wildman–Crippen MR) is 83.8 cm³/mol. The molecule has 21 heavy (non-hydrogen) atoms. The molecular formula is C16H23N3O2. The van der Waals surface area contributed by atoms with Gasteiger partial charge in [0.25, 0.3) is 0 Å². The molecule has 2 unspecified atom stereocenters. The summed E-state index contributed by atoms with van der Waals surface area (Å²) in [7, 11) is 0. The minimum absolute atomic E-state index is 0.191. The maximum atomic E-state index is 11.3. The van der Waals surface area contributed by atoms with Crippen LogP contribution < -0.4 is 11.1 Å². The standard InChI is InChI=1S/C16H23N3O2/c1-10-7-12(9-14(15(10)17)16(20)21)18-11-4-6-19-5-2-3-13(19)8-11/h7,9,11,13,18H,2-6,8,17H2,1H3,(H,20,21). The molecule has 2 aliphatic rings. The SMILES string of the molecule is Cc1cc(NC2CCN3CCCC3C2)cc(C(=O)O)c1N. The summed E-state index contributed by atoms with van der Waals surface area (Å²) in [5.41, 5.74) is 8.08. The van der Waals surface area contributed by atoms with Crippen LogP contribution in [0.1, 0.15) is 41.6 Å². The molecule has 1 aromatic carbocycles. The van der Waals surface area contributed by atoms with Crippen LogP contribution in [0.5, 0.6) is 0 Å². The molecule has 2 aliphatic heterocycles. The highest BCUT2D eigenvalue weighted by atomic mass is 16.4. The first-order chi connectivity index (χ1) is 10.0. The van der Waals surface area contributed by atoms with Gasteiger partial charge < -0.3 is 21.1 Å². The van der Waals surface area contributed by atoms with Crippen molar-refractivity contribution in [1.82, 2.24) is 4.90 Å². The highest BCUT2D eigenvalue weighted by molar-refractivity contribution is 5.95. The first-order valence-corrected chi connectivity index (χ1v) is 7.68. The van der Waals surface area contributed by atoms with Gasteiger partial charge in [0.2, 0.25) is 0 Å². The molecule has 5 heteroatoms. The van der Waals surface area contributed by atoms with Gasteiger partial charge in [-0.25, -0.2) is 4.79 Å². The fourth-order valence-corrected chi connectivity index (χ4v) is 3.65. The van der Waals surface area contributed by atoms with Crippen LogP contribution in [0.15, 0.2) is 12.1 Å². The fourth-order valence-electron chi connectivity index (χ4n) is 3.65. The third kappa shape index (κ3) is 2.83. The molecule has 114 valence electrons. The molecule has 0 spiro atoms. The average molecular weight is 289 g/mol. The van der Waals surface area contributed by atoms with E-state index in [0.29, 0.717) is 17.8 Å². The monoisotopic (exact) mass is 289 g/mol. The largest absolute Gasteiger partial charge is 0.478 e. The Hall–Kier alpha value is -1.75. The van der Waals surface area contributed by atoms with E-state index < -0.39 is 5.97 Å². The molecule has 4 N–H and O–H groups in total. The normalized spacial score (nSPS) is 25.6. The molecule has 0 amide bonds. The number of rotatable bonds is 3. The number of hydrogen-bond acceptors (Lipinski definition) is 4. The van der Waals surface area contributed by atoms with Gasteiger partial charge >= 0.3 is 5.97 Å². The minimum Gasteiger partial charge on any atom is -0.478 e. The Labute approximate surface area is 125 Å². The van der Waals surface area contributed by atoms with Gasteiger partial charge in [0.15, 0.2) is 0 Å². The lowest BCUT2D eigenvalue weighted by Gasteiger charge is -2.35. The number of carbonyl (C=O) groups is 1. The Kier molecular flexibility index (Phi) is 3.76. The van der Waals surface area contributed by atoms with Crippen molar-refractivity contribution in [3.8, 4) is 0 Å². The van der Waals surface area contributed by atoms with E-state index in [4.69, 9.17) is 5.73 Å². The van der Waals surface area contributed by atoms with E-state index >= 15 is 0 Å². The van der Waals surface area contributed by atoms with Gasteiger partial charge in [0.05, 0.1) is 5.56 Å². The van der Waals surface area contributed by atoms with E-state index in [2.05, 4.69) is 10.2 Å². The molecule has 3 rings (SSSR count). The molecular weight excluding hydrogens is 266 g/mol. The minimum atomic E-state index is -0.968. The molecule has 0 aliphatic carbocycles. The first kappa shape index (κ1) is 14.2. The van der Waals surface area contributed by atoms with Crippen LogP contribution in [0.25, 0.3) is 0 Å². The number of carboxylic acid groups (broad SMARTS) is 1. The number of fused-ring (bicyclic) bond motifs is 1. The number of aryl methyl sites for hydroxylation is 1. The van der Waals surface area contributed by atoms with Crippen LogP contribution in [-0.4, -0.2) is 41.1 Å². The smallest absolute Gasteiger partial charge is 0.337 e. The van der Waals surface area contributed by atoms with E-state index in [1.165, 1.54) is 19.4 Å². The lowest BCUT2D eigenvalue weighted by molar-refractivity contribution is 0.0698. The maximum absolute atomic E-state index is 11.3. The van der Waals surface area contributed by atoms with Crippen molar-refractivity contribution in [2.45, 2.75) is 44.7 Å². The average Bonchev–Trinajstić information content (AvgIpc) is 2.89. The van der Waals surface area contributed by atoms with Crippen molar-refractivity contribution >= 4 is 17.3 Å². The Morgan fingerprint density at radius 3 is 2.95 bits per heavy atom. The predicted octanol–water partition coefficient (Wildman–Crippen LogP) is 2.31. The summed E-state index contributed by atoms with van der Waals surface area (Å²) >= 11 is 0. The molecule has 0 bridgehead atoms. The molecule has 0 saturated carbocycles. The van der Waals surface area contributed by atoms with E-state index in [0.717, 1.165) is 30.6 Å². The van der Waals surface area contributed by atoms with Gasteiger partial charge in [-0.15, -0.1) is 0 Å². The van der Waals surface area contributed by atoms with Crippen LogP contribution in [0, 0.1) is 6.92 Å². The van der Waals surface area contributed by atoms with Crippen molar-refractivity contribution in [2.75, 3.05) is 24.1 Å². The van der Waals surface area contributed by atoms with Crippen molar-refractivity contribution in [2.24, 2.45) is 0 Å². The first-order valence-electron chi connectivity index (χ1n) is 7.68. The third-order valence-corrected chi connectivity index (χ3v) is 4.81. The number of aromatic carboxylic acids is 1. The number of nitrogens with one attached hydrogen (secondary N) is 1. The van der Waals surface area contributed by atoms with Crippen LogP contribution in [-0.2, 0) is 0 Å². The Bertz CT molecular complexity index is 559. The second-order valence-electron chi connectivity index (χ2n) is 6.26. The third-order valence-electron chi connectivity index (χ3n) is 4.81. The van der Waals surface area contributed by atoms with Crippen molar-refractivity contribution < 1.29 is 9.90 Å².